The van der Waals surface area contributed by atoms with Gasteiger partial charge < -0.3 is 28.5 Å². The number of ether oxygens (including phenoxy) is 3. The van der Waals surface area contributed by atoms with Crippen molar-refractivity contribution in [1.29, 1.82) is 0 Å². The fourth-order valence-corrected chi connectivity index (χ4v) is 15.2. The molecule has 3 aromatic heterocycles. The Balaban J connectivity index is 1.33. The molecular weight excluding hydrogens is 988 g/mol. The van der Waals surface area contributed by atoms with Crippen LogP contribution in [0.2, 0.25) is 5.04 Å². The maximum Gasteiger partial charge on any atom is 0.408 e. The first kappa shape index (κ1) is 55.8. The monoisotopic (exact) mass is 1060 g/mol. The lowest BCUT2D eigenvalue weighted by molar-refractivity contribution is -0.150. The highest BCUT2D eigenvalue weighted by Gasteiger charge is 2.51. The molecule has 0 saturated carbocycles. The highest BCUT2D eigenvalue weighted by atomic mass is 32.1. The zero-order valence-corrected chi connectivity index (χ0v) is 45.9. The lowest BCUT2D eigenvalue weighted by Crippen LogP contribution is -2.67. The molecule has 0 aliphatic carbocycles. The second-order valence-electron chi connectivity index (χ2n) is 21.6. The first-order valence-corrected chi connectivity index (χ1v) is 27.5. The molecule has 0 unspecified atom stereocenters. The van der Waals surface area contributed by atoms with Crippen LogP contribution in [0, 0.1) is 5.41 Å². The number of hydrogen-bond acceptors (Lipinski definition) is 12. The summed E-state index contributed by atoms with van der Waals surface area (Å²) in [5, 5.41) is 6.89. The minimum absolute atomic E-state index is 0.143. The molecular formula is C55H68F3N7O7SSi. The first-order valence-electron chi connectivity index (χ1n) is 24.8. The molecule has 1 aliphatic heterocycles. The number of carbonyl (C=O) groups is 3. The van der Waals surface area contributed by atoms with Crippen molar-refractivity contribution in [2.75, 3.05) is 27.4 Å². The van der Waals surface area contributed by atoms with E-state index in [1.807, 2.05) is 49.4 Å². The number of aromatic nitrogens is 4. The summed E-state index contributed by atoms with van der Waals surface area (Å²) < 4.78 is 74.7. The molecule has 2 N–H and O–H groups in total. The fourth-order valence-electron chi connectivity index (χ4n) is 9.77. The minimum atomic E-state index is -4.60. The molecule has 0 radical (unpaired) electrons. The zero-order valence-electron chi connectivity index (χ0n) is 44.1. The van der Waals surface area contributed by atoms with E-state index >= 15 is 13.2 Å². The number of nitrogens with zero attached hydrogens (tertiary/aromatic N) is 5. The van der Waals surface area contributed by atoms with Gasteiger partial charge in [0.1, 0.15) is 35.1 Å². The number of hydrogen-bond donors (Lipinski definition) is 2. The molecule has 1 aliphatic rings. The average molecular weight is 1060 g/mol. The van der Waals surface area contributed by atoms with Gasteiger partial charge in [-0.05, 0) is 115 Å². The number of nitrogens with one attached hydrogen (secondary N) is 2. The summed E-state index contributed by atoms with van der Waals surface area (Å²) in [5.74, 6) is -0.833. The van der Waals surface area contributed by atoms with Gasteiger partial charge in [0.15, 0.2) is 0 Å². The Labute approximate surface area is 436 Å². The van der Waals surface area contributed by atoms with E-state index in [-0.39, 0.29) is 30.4 Å². The van der Waals surface area contributed by atoms with Crippen LogP contribution in [0.3, 0.4) is 0 Å². The van der Waals surface area contributed by atoms with E-state index in [0.29, 0.717) is 63.3 Å². The molecule has 3 aromatic carbocycles. The van der Waals surface area contributed by atoms with E-state index in [1.54, 1.807) is 58.3 Å². The molecule has 1 fully saturated rings. The van der Waals surface area contributed by atoms with Crippen LogP contribution in [0.1, 0.15) is 98.3 Å². The zero-order chi connectivity index (χ0) is 53.8. The summed E-state index contributed by atoms with van der Waals surface area (Å²) in [7, 11) is -0.230. The van der Waals surface area contributed by atoms with Crippen molar-refractivity contribution in [2.45, 2.75) is 130 Å². The third-order valence-corrected chi connectivity index (χ3v) is 18.9. The third-order valence-electron chi connectivity index (χ3n) is 13.1. The molecule has 19 heteroatoms. The number of esters is 1. The first-order chi connectivity index (χ1) is 34.8. The summed E-state index contributed by atoms with van der Waals surface area (Å²) in [5.41, 5.74) is 4.37. The van der Waals surface area contributed by atoms with Gasteiger partial charge in [-0.2, -0.15) is 17.5 Å². The Kier molecular flexibility index (Phi) is 16.9. The van der Waals surface area contributed by atoms with Gasteiger partial charge in [0, 0.05) is 54.9 Å². The number of amides is 2. The van der Waals surface area contributed by atoms with Crippen molar-refractivity contribution in [3.05, 3.63) is 114 Å². The number of hydrazine groups is 1. The van der Waals surface area contributed by atoms with Crippen molar-refractivity contribution in [1.82, 2.24) is 34.7 Å². The van der Waals surface area contributed by atoms with E-state index in [4.69, 9.17) is 23.6 Å². The second kappa shape index (κ2) is 22.5. The van der Waals surface area contributed by atoms with Gasteiger partial charge in [0.25, 0.3) is 14.2 Å². The van der Waals surface area contributed by atoms with Crippen molar-refractivity contribution in [3.8, 4) is 21.8 Å². The van der Waals surface area contributed by atoms with Crippen molar-refractivity contribution in [2.24, 2.45) is 5.41 Å². The molecule has 14 nitrogen and oxygen atoms in total. The third kappa shape index (κ3) is 12.7. The van der Waals surface area contributed by atoms with Gasteiger partial charge in [-0.25, -0.2) is 15.2 Å². The smallest absolute Gasteiger partial charge is 0.408 e. The maximum absolute atomic E-state index is 15.0. The van der Waals surface area contributed by atoms with E-state index in [2.05, 4.69) is 79.0 Å². The Morgan fingerprint density at radius 1 is 0.905 bits per heavy atom. The van der Waals surface area contributed by atoms with Crippen LogP contribution in [-0.4, -0.2) is 101 Å². The standard InChI is InChI=1S/C55H68F3N7O7SSi/c1-35(69-10)46-39(24-18-28-59-46)47-41(32-54(8,9)34-71-74(53(5,6)7,37-20-14-12-15-21-37)38-22-16-13-17-23-38)40-30-36(26-27-44(40)64(47)33-55(56,57)58)48-61-45(63-73-48)31-43(60-51(68)72-52(2,3)4)49(66)65-29-19-25-42(62-65)50(67)70-11/h12-18,20-24,26-28,30,35,42-43,62H,19,25,29,31-34H2,1-11H3,(H,60,68)/t35-,42-,43-/m0/s1. The number of fused-ring (bicyclic) bond motifs is 1. The molecule has 0 spiro atoms. The van der Waals surface area contributed by atoms with Gasteiger partial charge in [-0.3, -0.25) is 19.6 Å². The van der Waals surface area contributed by atoms with Crippen LogP contribution >= 0.6 is 11.5 Å². The second-order valence-corrected chi connectivity index (χ2v) is 26.7. The SMILES string of the molecule is COC(=O)[C@@H]1CCCN(C(=O)[C@H](Cc2nsc(-c3ccc4c(c3)c(CC(C)(C)CO[Si](c3ccccc3)(c3ccccc3)C(C)(C)C)c(-c3cccnc3[C@H](C)OC)n4CC(F)(F)F)n2)NC(=O)OC(C)(C)C)N1. The van der Waals surface area contributed by atoms with E-state index < -0.39 is 68.2 Å². The van der Waals surface area contributed by atoms with Crippen molar-refractivity contribution >= 4 is 59.1 Å². The fraction of sp³-hybridized carbons (Fsp3) is 0.455. The van der Waals surface area contributed by atoms with Crippen molar-refractivity contribution < 1.29 is 46.2 Å². The highest BCUT2D eigenvalue weighted by molar-refractivity contribution is 7.09. The minimum Gasteiger partial charge on any atom is -0.468 e. The molecule has 0 bridgehead atoms. The molecule has 3 atom stereocenters. The number of halogens is 3. The summed E-state index contributed by atoms with van der Waals surface area (Å²) in [4.78, 5) is 49.3. The van der Waals surface area contributed by atoms with Gasteiger partial charge in [0.05, 0.1) is 24.6 Å². The lowest BCUT2D eigenvalue weighted by atomic mass is 9.84. The molecule has 4 heterocycles. The molecule has 1 saturated heterocycles. The Morgan fingerprint density at radius 3 is 2.16 bits per heavy atom. The average Bonchev–Trinajstić information content (AvgIpc) is 3.93. The molecule has 396 valence electrons. The molecule has 7 rings (SSSR count). The highest BCUT2D eigenvalue weighted by Crippen LogP contribution is 2.44. The lowest BCUT2D eigenvalue weighted by Gasteiger charge is -2.44. The van der Waals surface area contributed by atoms with Crippen LogP contribution < -0.4 is 21.1 Å². The van der Waals surface area contributed by atoms with E-state index in [9.17, 15) is 14.4 Å². The number of alkyl carbamates (subject to hydrolysis) is 1. The van der Waals surface area contributed by atoms with Crippen LogP contribution in [0.25, 0.3) is 32.7 Å². The van der Waals surface area contributed by atoms with Crippen molar-refractivity contribution in [3.63, 3.8) is 0 Å². The topological polar surface area (TPSA) is 159 Å². The molecule has 2 amide bonds. The predicted molar refractivity (Wildman–Crippen MR) is 283 cm³/mol. The number of pyridine rings is 1. The Morgan fingerprint density at radius 2 is 1.57 bits per heavy atom. The van der Waals surface area contributed by atoms with Gasteiger partial charge in [0.2, 0.25) is 0 Å². The summed E-state index contributed by atoms with van der Waals surface area (Å²) in [6.45, 7) is 17.0. The van der Waals surface area contributed by atoms with Crippen LogP contribution in [0.4, 0.5) is 18.0 Å². The van der Waals surface area contributed by atoms with Crippen LogP contribution in [-0.2, 0) is 47.6 Å². The Hall–Kier alpha value is -5.99. The number of methoxy groups -OCH3 is 2. The summed E-state index contributed by atoms with van der Waals surface area (Å²) in [6, 6.07) is 27.4. The number of carbonyl (C=O) groups excluding carboxylic acids is 3. The van der Waals surface area contributed by atoms with E-state index in [0.717, 1.165) is 21.9 Å². The van der Waals surface area contributed by atoms with E-state index in [1.165, 1.54) is 16.7 Å². The molecule has 6 aromatic rings. The van der Waals surface area contributed by atoms with Crippen LogP contribution in [0.15, 0.2) is 97.2 Å². The summed E-state index contributed by atoms with van der Waals surface area (Å²) in [6.07, 6.45) is -3.27. The number of benzene rings is 3. The normalized spacial score (nSPS) is 15.7. The summed E-state index contributed by atoms with van der Waals surface area (Å²) >= 11 is 1.06. The Bertz CT molecular complexity index is 2880. The maximum atomic E-state index is 15.0. The number of rotatable bonds is 17. The van der Waals surface area contributed by atoms with Gasteiger partial charge in [-0.15, -0.1) is 0 Å². The van der Waals surface area contributed by atoms with Gasteiger partial charge >= 0.3 is 18.2 Å². The predicted octanol–water partition coefficient (Wildman–Crippen LogP) is 9.74. The molecule has 74 heavy (non-hydrogen) atoms. The quantitative estimate of drug-likeness (QED) is 0.0662. The van der Waals surface area contributed by atoms with Gasteiger partial charge in [-0.1, -0.05) is 95.3 Å². The number of alkyl halides is 3. The largest absolute Gasteiger partial charge is 0.468 e. The van der Waals surface area contributed by atoms with Crippen LogP contribution in [0.5, 0.6) is 0 Å².